The third-order valence-electron chi connectivity index (χ3n) is 9.62. The molecule has 0 saturated heterocycles. The van der Waals surface area contributed by atoms with Crippen LogP contribution in [0.1, 0.15) is 184 Å². The molecule has 0 heterocycles. The van der Waals surface area contributed by atoms with Crippen molar-refractivity contribution in [3.05, 3.63) is 165 Å². The third-order valence-corrected chi connectivity index (χ3v) is 9.62. The van der Waals surface area contributed by atoms with E-state index >= 15 is 0 Å². The fourth-order valence-electron chi connectivity index (χ4n) is 5.89. The first-order chi connectivity index (χ1) is 24.1. The molecule has 0 unspecified atom stereocenters. The van der Waals surface area contributed by atoms with Crippen molar-refractivity contribution >= 4 is 0 Å². The van der Waals surface area contributed by atoms with E-state index in [1.165, 1.54) is 50.1 Å². The molecule has 0 aromatic heterocycles. The maximum atomic E-state index is 5.85. The maximum Gasteiger partial charge on any atom is 0.127 e. The molecule has 0 aliphatic heterocycles. The van der Waals surface area contributed by atoms with Gasteiger partial charge in [-0.2, -0.15) is 0 Å². The zero-order chi connectivity index (χ0) is 37.7. The first-order valence-electron chi connectivity index (χ1n) is 19.3. The molecular formula is C52H74O. The molecule has 0 saturated carbocycles. The highest BCUT2D eigenvalue weighted by Crippen LogP contribution is 2.27. The highest BCUT2D eigenvalue weighted by molar-refractivity contribution is 5.37. The minimum absolute atomic E-state index is 0. The number of aryl methyl sites for hydroxylation is 1. The quantitative estimate of drug-likeness (QED) is 0.140. The van der Waals surface area contributed by atoms with E-state index in [-0.39, 0.29) is 14.9 Å². The van der Waals surface area contributed by atoms with Crippen molar-refractivity contribution < 1.29 is 4.74 Å². The molecule has 0 spiro atoms. The number of rotatable bonds is 10. The summed E-state index contributed by atoms with van der Waals surface area (Å²) in [6, 6.07) is 41.5. The van der Waals surface area contributed by atoms with Crippen LogP contribution in [0, 0.1) is 6.92 Å². The molecule has 53 heavy (non-hydrogen) atoms. The number of ether oxygens (including phenoxy) is 1. The lowest BCUT2D eigenvalue weighted by Crippen LogP contribution is -1.95. The summed E-state index contributed by atoms with van der Waals surface area (Å²) in [5.74, 6) is 5.39. The van der Waals surface area contributed by atoms with Crippen molar-refractivity contribution in [1.82, 2.24) is 0 Å². The molecule has 0 bridgehead atoms. The van der Waals surface area contributed by atoms with Gasteiger partial charge in [0.2, 0.25) is 0 Å². The van der Waals surface area contributed by atoms with Crippen LogP contribution in [0.15, 0.2) is 115 Å². The second kappa shape index (κ2) is 22.9. The maximum absolute atomic E-state index is 5.85. The largest absolute Gasteiger partial charge is 0.457 e. The first kappa shape index (κ1) is 46.9. The minimum Gasteiger partial charge on any atom is -0.457 e. The van der Waals surface area contributed by atoms with Crippen molar-refractivity contribution in [3.8, 4) is 11.5 Å². The molecule has 1 heteroatoms. The topological polar surface area (TPSA) is 9.23 Å². The van der Waals surface area contributed by atoms with Gasteiger partial charge in [-0.3, -0.25) is 0 Å². The normalized spacial score (nSPS) is 10.8. The van der Waals surface area contributed by atoms with Crippen LogP contribution in [0.3, 0.4) is 0 Å². The van der Waals surface area contributed by atoms with Gasteiger partial charge in [0.15, 0.2) is 0 Å². The van der Waals surface area contributed by atoms with Gasteiger partial charge in [-0.05, 0) is 123 Å². The van der Waals surface area contributed by atoms with Crippen LogP contribution in [-0.2, 0) is 6.42 Å². The summed E-state index contributed by atoms with van der Waals surface area (Å²) in [5, 5.41) is 0. The van der Waals surface area contributed by atoms with E-state index in [2.05, 4.69) is 181 Å². The molecule has 5 aromatic carbocycles. The molecule has 1 nitrogen and oxygen atoms in total. The summed E-state index contributed by atoms with van der Waals surface area (Å²) in [6.45, 7) is 28.9. The van der Waals surface area contributed by atoms with Gasteiger partial charge in [-0.25, -0.2) is 0 Å². The Morgan fingerprint density at radius 3 is 0.925 bits per heavy atom. The monoisotopic (exact) mass is 715 g/mol. The van der Waals surface area contributed by atoms with E-state index in [0.29, 0.717) is 35.5 Å². The van der Waals surface area contributed by atoms with Crippen molar-refractivity contribution in [3.63, 3.8) is 0 Å². The SMILES string of the molecule is C.C.CC(C)c1ccc(Cc2ccc(C(C)C)cc2)cc1.CC(C)c1ccc(Oc2ccc(C(C)C)cc2)cc1.Cc1ccc(C(C)C)cc1C(C)C. The van der Waals surface area contributed by atoms with Crippen molar-refractivity contribution in [2.75, 3.05) is 0 Å². The molecular weight excluding hydrogens is 641 g/mol. The Morgan fingerprint density at radius 1 is 0.358 bits per heavy atom. The molecule has 288 valence electrons. The second-order valence-electron chi connectivity index (χ2n) is 15.9. The lowest BCUT2D eigenvalue weighted by atomic mass is 9.92. The smallest absolute Gasteiger partial charge is 0.127 e. The third kappa shape index (κ3) is 15.4. The van der Waals surface area contributed by atoms with Crippen LogP contribution >= 0.6 is 0 Å². The van der Waals surface area contributed by atoms with E-state index in [1.807, 2.05) is 24.3 Å². The van der Waals surface area contributed by atoms with Crippen molar-refractivity contribution in [1.29, 1.82) is 0 Å². The molecule has 0 aliphatic carbocycles. The predicted molar refractivity (Wildman–Crippen MR) is 238 cm³/mol. The molecule has 0 aliphatic rings. The summed E-state index contributed by atoms with van der Waals surface area (Å²) < 4.78 is 5.85. The van der Waals surface area contributed by atoms with E-state index in [0.717, 1.165) is 17.9 Å². The molecule has 0 fully saturated rings. The van der Waals surface area contributed by atoms with Gasteiger partial charge in [-0.15, -0.1) is 0 Å². The standard InChI is InChI=1S/C19H24.C18H22O.C13H20.2CH4/c1-14(2)18-9-5-16(6-10-18)13-17-7-11-19(12-8-17)15(3)4;1-13(2)15-5-9-17(10-6-15)19-18-11-7-16(8-12-18)14(3)4;1-9(2)12-7-6-11(5)13(8-12)10(3)4;;/h5-12,14-15H,13H2,1-4H3;5-14H,1-4H3;6-10H,1-5H3;2*1H4. The summed E-state index contributed by atoms with van der Waals surface area (Å²) >= 11 is 0. The highest BCUT2D eigenvalue weighted by atomic mass is 16.5. The average Bonchev–Trinajstić information content (AvgIpc) is 3.10. The fourth-order valence-corrected chi connectivity index (χ4v) is 5.89. The Balaban J connectivity index is 0.000000398. The highest BCUT2D eigenvalue weighted by Gasteiger charge is 2.07. The van der Waals surface area contributed by atoms with Gasteiger partial charge in [0.1, 0.15) is 11.5 Å². The van der Waals surface area contributed by atoms with E-state index < -0.39 is 0 Å². The van der Waals surface area contributed by atoms with Crippen LogP contribution in [-0.4, -0.2) is 0 Å². The first-order valence-corrected chi connectivity index (χ1v) is 19.3. The molecule has 0 N–H and O–H groups in total. The predicted octanol–water partition coefficient (Wildman–Crippen LogP) is 16.8. The second-order valence-corrected chi connectivity index (χ2v) is 15.9. The summed E-state index contributed by atoms with van der Waals surface area (Å²) in [5.41, 5.74) is 12.6. The zero-order valence-corrected chi connectivity index (χ0v) is 34.0. The van der Waals surface area contributed by atoms with Crippen LogP contribution in [0.2, 0.25) is 0 Å². The van der Waals surface area contributed by atoms with E-state index in [1.54, 1.807) is 0 Å². The van der Waals surface area contributed by atoms with Gasteiger partial charge < -0.3 is 4.74 Å². The molecule has 0 atom stereocenters. The van der Waals surface area contributed by atoms with Gasteiger partial charge in [-0.1, -0.05) is 189 Å². The molecule has 5 rings (SSSR count). The molecule has 0 radical (unpaired) electrons. The minimum atomic E-state index is 0. The molecule has 0 amide bonds. The molecule has 5 aromatic rings. The van der Waals surface area contributed by atoms with Crippen molar-refractivity contribution in [2.24, 2.45) is 0 Å². The van der Waals surface area contributed by atoms with Crippen molar-refractivity contribution in [2.45, 2.75) is 147 Å². The van der Waals surface area contributed by atoms with Gasteiger partial charge >= 0.3 is 0 Å². The van der Waals surface area contributed by atoms with Gasteiger partial charge in [0, 0.05) is 0 Å². The Labute approximate surface area is 327 Å². The van der Waals surface area contributed by atoms with E-state index in [4.69, 9.17) is 4.74 Å². The Morgan fingerprint density at radius 2 is 0.642 bits per heavy atom. The average molecular weight is 715 g/mol. The van der Waals surface area contributed by atoms with Crippen LogP contribution < -0.4 is 4.74 Å². The lowest BCUT2D eigenvalue weighted by Gasteiger charge is -2.13. The van der Waals surface area contributed by atoms with Crippen LogP contribution in [0.25, 0.3) is 0 Å². The summed E-state index contributed by atoms with van der Waals surface area (Å²) in [4.78, 5) is 0. The Bertz CT molecular complexity index is 1500. The van der Waals surface area contributed by atoms with Crippen LogP contribution in [0.5, 0.6) is 11.5 Å². The Kier molecular flexibility index (Phi) is 20.2. The zero-order valence-electron chi connectivity index (χ0n) is 34.0. The van der Waals surface area contributed by atoms with Crippen LogP contribution in [0.4, 0.5) is 0 Å². The number of benzene rings is 5. The fraction of sp³-hybridized carbons (Fsp3) is 0.423. The lowest BCUT2D eigenvalue weighted by molar-refractivity contribution is 0.482. The number of hydrogen-bond acceptors (Lipinski definition) is 1. The number of hydrogen-bond donors (Lipinski definition) is 0. The Hall–Kier alpha value is -4.10. The van der Waals surface area contributed by atoms with Gasteiger partial charge in [0.05, 0.1) is 0 Å². The summed E-state index contributed by atoms with van der Waals surface area (Å²) in [7, 11) is 0. The van der Waals surface area contributed by atoms with Gasteiger partial charge in [0.25, 0.3) is 0 Å². The van der Waals surface area contributed by atoms with E-state index in [9.17, 15) is 0 Å². The summed E-state index contributed by atoms with van der Waals surface area (Å²) in [6.07, 6.45) is 1.02.